The van der Waals surface area contributed by atoms with Crippen LogP contribution in [0.3, 0.4) is 0 Å². The Kier molecular flexibility index (Phi) is 4.32. The molecule has 1 heterocycles. The van der Waals surface area contributed by atoms with E-state index in [4.69, 9.17) is 0 Å². The van der Waals surface area contributed by atoms with Crippen LogP contribution in [0.1, 0.15) is 29.3 Å². The van der Waals surface area contributed by atoms with Crippen LogP contribution in [0.2, 0.25) is 0 Å². The third-order valence-electron chi connectivity index (χ3n) is 3.69. The Balaban J connectivity index is 2.28. The van der Waals surface area contributed by atoms with Crippen LogP contribution in [-0.2, 0) is 11.3 Å². The van der Waals surface area contributed by atoms with Gasteiger partial charge in [0.05, 0.1) is 4.92 Å². The number of carboxylic acid groups (broad SMARTS) is 1. The predicted octanol–water partition coefficient (Wildman–Crippen LogP) is 1.70. The van der Waals surface area contributed by atoms with Gasteiger partial charge in [0.1, 0.15) is 11.3 Å². The van der Waals surface area contributed by atoms with E-state index in [-0.39, 0.29) is 17.3 Å². The first-order chi connectivity index (χ1) is 9.90. The number of hydrogen-bond acceptors (Lipinski definition) is 5. The Morgan fingerprint density at radius 1 is 1.52 bits per heavy atom. The van der Waals surface area contributed by atoms with Crippen molar-refractivity contribution in [3.63, 3.8) is 0 Å². The van der Waals surface area contributed by atoms with Crippen LogP contribution < -0.4 is 0 Å². The second-order valence-corrected chi connectivity index (χ2v) is 5.23. The lowest BCUT2D eigenvalue weighted by Crippen LogP contribution is -2.39. The number of nitro groups is 1. The van der Waals surface area contributed by atoms with Crippen molar-refractivity contribution in [1.29, 1.82) is 0 Å². The third kappa shape index (κ3) is 3.25. The van der Waals surface area contributed by atoms with Crippen LogP contribution >= 0.6 is 0 Å². The van der Waals surface area contributed by atoms with Crippen molar-refractivity contribution >= 4 is 17.4 Å². The molecule has 0 spiro atoms. The van der Waals surface area contributed by atoms with Crippen LogP contribution in [0, 0.1) is 16.0 Å². The monoisotopic (exact) mass is 292 g/mol. The van der Waals surface area contributed by atoms with E-state index in [1.807, 2.05) is 11.8 Å². The summed E-state index contributed by atoms with van der Waals surface area (Å²) in [4.78, 5) is 35.0. The van der Waals surface area contributed by atoms with Crippen molar-refractivity contribution in [2.45, 2.75) is 19.9 Å². The number of aromatic carboxylic acids is 1. The zero-order valence-electron chi connectivity index (χ0n) is 11.6. The van der Waals surface area contributed by atoms with Gasteiger partial charge in [-0.3, -0.25) is 19.8 Å². The number of nitrogens with zero attached hydrogens (tertiary/aromatic N) is 2. The molecule has 0 amide bonds. The lowest BCUT2D eigenvalue weighted by atomic mass is 9.97. The van der Waals surface area contributed by atoms with Gasteiger partial charge in [0.15, 0.2) is 0 Å². The zero-order chi connectivity index (χ0) is 15.6. The minimum atomic E-state index is -1.31. The second-order valence-electron chi connectivity index (χ2n) is 5.23. The molecule has 2 rings (SSSR count). The highest BCUT2D eigenvalue weighted by molar-refractivity contribution is 5.94. The molecule has 112 valence electrons. The number of likely N-dealkylation sites (tertiary alicyclic amines) is 1. The van der Waals surface area contributed by atoms with Gasteiger partial charge in [-0.2, -0.15) is 0 Å². The van der Waals surface area contributed by atoms with Gasteiger partial charge in [-0.25, -0.2) is 4.79 Å². The van der Waals surface area contributed by atoms with E-state index in [2.05, 4.69) is 0 Å². The average Bonchev–Trinajstić information content (AvgIpc) is 2.42. The Bertz CT molecular complexity index is 599. The van der Waals surface area contributed by atoms with Crippen molar-refractivity contribution in [3.05, 3.63) is 39.4 Å². The number of hydrogen-bond donors (Lipinski definition) is 1. The van der Waals surface area contributed by atoms with E-state index in [1.165, 1.54) is 12.1 Å². The van der Waals surface area contributed by atoms with Crippen molar-refractivity contribution in [2.75, 3.05) is 13.1 Å². The molecule has 0 saturated carbocycles. The number of carboxylic acids is 1. The Labute approximate surface area is 121 Å². The van der Waals surface area contributed by atoms with Gasteiger partial charge in [-0.1, -0.05) is 19.1 Å². The van der Waals surface area contributed by atoms with Crippen LogP contribution in [0.4, 0.5) is 5.69 Å². The normalized spacial score (nSPS) is 19.5. The molecule has 0 bridgehead atoms. The minimum Gasteiger partial charge on any atom is -0.477 e. The maximum absolute atomic E-state index is 11.5. The van der Waals surface area contributed by atoms with Crippen LogP contribution in [0.25, 0.3) is 0 Å². The molecule has 1 fully saturated rings. The summed E-state index contributed by atoms with van der Waals surface area (Å²) in [5.41, 5.74) is -0.272. The Morgan fingerprint density at radius 2 is 2.24 bits per heavy atom. The van der Waals surface area contributed by atoms with Gasteiger partial charge < -0.3 is 5.11 Å². The SMILES string of the molecule is CC1CN(Cc2cccc([N+](=O)[O-])c2C(=O)O)CCC1=O. The summed E-state index contributed by atoms with van der Waals surface area (Å²) >= 11 is 0. The number of carbonyl (C=O) groups excluding carboxylic acids is 1. The molecule has 1 N–H and O–H groups in total. The average molecular weight is 292 g/mol. The van der Waals surface area contributed by atoms with Gasteiger partial charge in [-0.05, 0) is 5.56 Å². The number of benzene rings is 1. The molecule has 0 radical (unpaired) electrons. The van der Waals surface area contributed by atoms with E-state index in [9.17, 15) is 24.8 Å². The van der Waals surface area contributed by atoms with Crippen LogP contribution in [0.5, 0.6) is 0 Å². The molecule has 7 nitrogen and oxygen atoms in total. The van der Waals surface area contributed by atoms with E-state index in [0.29, 0.717) is 31.6 Å². The predicted molar refractivity (Wildman–Crippen MR) is 74.1 cm³/mol. The zero-order valence-corrected chi connectivity index (χ0v) is 11.6. The number of rotatable bonds is 4. The standard InChI is InChI=1S/C14H16N2O5/c1-9-7-15(6-5-12(9)17)8-10-3-2-4-11(16(20)21)13(10)14(18)19/h2-4,9H,5-8H2,1H3,(H,18,19). The minimum absolute atomic E-state index is 0.0919. The maximum atomic E-state index is 11.5. The Hall–Kier alpha value is -2.28. The highest BCUT2D eigenvalue weighted by Gasteiger charge is 2.27. The van der Waals surface area contributed by atoms with Crippen molar-refractivity contribution in [2.24, 2.45) is 5.92 Å². The Morgan fingerprint density at radius 3 is 2.81 bits per heavy atom. The van der Waals surface area contributed by atoms with E-state index in [1.54, 1.807) is 6.07 Å². The first kappa shape index (κ1) is 15.1. The summed E-state index contributed by atoms with van der Waals surface area (Å²) < 4.78 is 0. The van der Waals surface area contributed by atoms with Crippen molar-refractivity contribution in [3.8, 4) is 0 Å². The van der Waals surface area contributed by atoms with Crippen LogP contribution in [-0.4, -0.2) is 39.8 Å². The molecule has 1 aromatic rings. The molecule has 1 aliphatic rings. The van der Waals surface area contributed by atoms with Gasteiger partial charge in [0.25, 0.3) is 5.69 Å². The second kappa shape index (κ2) is 6.01. The summed E-state index contributed by atoms with van der Waals surface area (Å²) in [7, 11) is 0. The molecule has 1 aliphatic heterocycles. The summed E-state index contributed by atoms with van der Waals surface area (Å²) in [6.07, 6.45) is 0.429. The van der Waals surface area contributed by atoms with Crippen molar-refractivity contribution in [1.82, 2.24) is 4.90 Å². The van der Waals surface area contributed by atoms with Gasteiger partial charge in [0, 0.05) is 38.0 Å². The number of carbonyl (C=O) groups is 2. The summed E-state index contributed by atoms with van der Waals surface area (Å²) in [5, 5.41) is 20.2. The molecular weight excluding hydrogens is 276 g/mol. The summed E-state index contributed by atoms with van der Waals surface area (Å²) in [6.45, 7) is 3.21. The first-order valence-corrected chi connectivity index (χ1v) is 6.64. The van der Waals surface area contributed by atoms with Gasteiger partial charge in [0.2, 0.25) is 0 Å². The smallest absolute Gasteiger partial charge is 0.343 e. The highest BCUT2D eigenvalue weighted by atomic mass is 16.6. The highest BCUT2D eigenvalue weighted by Crippen LogP contribution is 2.25. The van der Waals surface area contributed by atoms with E-state index < -0.39 is 16.6 Å². The molecule has 1 unspecified atom stereocenters. The number of nitro benzene ring substituents is 1. The van der Waals surface area contributed by atoms with E-state index >= 15 is 0 Å². The molecule has 0 aromatic heterocycles. The third-order valence-corrected chi connectivity index (χ3v) is 3.69. The summed E-state index contributed by atoms with van der Waals surface area (Å²) in [5.74, 6) is -1.20. The summed E-state index contributed by atoms with van der Waals surface area (Å²) in [6, 6.07) is 4.26. The van der Waals surface area contributed by atoms with Gasteiger partial charge >= 0.3 is 5.97 Å². The van der Waals surface area contributed by atoms with Gasteiger partial charge in [-0.15, -0.1) is 0 Å². The van der Waals surface area contributed by atoms with E-state index in [0.717, 1.165) is 0 Å². The van der Waals surface area contributed by atoms with Crippen molar-refractivity contribution < 1.29 is 19.6 Å². The first-order valence-electron chi connectivity index (χ1n) is 6.64. The molecule has 7 heteroatoms. The lowest BCUT2D eigenvalue weighted by Gasteiger charge is -2.30. The fourth-order valence-electron chi connectivity index (χ4n) is 2.60. The fraction of sp³-hybridized carbons (Fsp3) is 0.429. The molecule has 0 aliphatic carbocycles. The quantitative estimate of drug-likeness (QED) is 0.669. The topological polar surface area (TPSA) is 101 Å². The maximum Gasteiger partial charge on any atom is 0.343 e. The lowest BCUT2D eigenvalue weighted by molar-refractivity contribution is -0.385. The molecule has 1 aromatic carbocycles. The largest absolute Gasteiger partial charge is 0.477 e. The molecule has 1 atom stereocenters. The fourth-order valence-corrected chi connectivity index (χ4v) is 2.60. The molecule has 21 heavy (non-hydrogen) atoms. The number of ketones is 1. The number of Topliss-reactive ketones (excluding diaryl/α,β-unsaturated/α-hetero) is 1. The van der Waals surface area contributed by atoms with Crippen LogP contribution in [0.15, 0.2) is 18.2 Å². The molecular formula is C14H16N2O5. The molecule has 1 saturated heterocycles. The number of piperidine rings is 1.